The molecule has 4 unspecified atom stereocenters. The van der Waals surface area contributed by atoms with Gasteiger partial charge in [0.25, 0.3) is 0 Å². The van der Waals surface area contributed by atoms with Crippen molar-refractivity contribution in [3.63, 3.8) is 0 Å². The number of rotatable bonds is 5. The number of halogens is 2. The van der Waals surface area contributed by atoms with Crippen molar-refractivity contribution < 1.29 is 32.6 Å². The maximum absolute atomic E-state index is 13.2. The standard InChI is InChI=1S/C19H24F2N2O5/c1-16(20,21)14(24)27-11-17-5-13-6-18(8-17,26-2)10-19(7-13,9-17)28-15(25)23-4-3-22-12-23/h3-4,12-13H,5-11H2,1-2H3. The summed E-state index contributed by atoms with van der Waals surface area (Å²) < 4.78 is 44.5. The van der Waals surface area contributed by atoms with Crippen LogP contribution < -0.4 is 0 Å². The van der Waals surface area contributed by atoms with E-state index in [9.17, 15) is 18.4 Å². The molecule has 4 saturated carbocycles. The molecule has 4 aliphatic carbocycles. The Kier molecular flexibility index (Phi) is 4.30. The fourth-order valence-electron chi connectivity index (χ4n) is 5.91. The molecule has 1 aromatic rings. The molecule has 4 aliphatic rings. The minimum atomic E-state index is -3.53. The van der Waals surface area contributed by atoms with E-state index in [1.807, 2.05) is 0 Å². The van der Waals surface area contributed by atoms with E-state index in [1.165, 1.54) is 23.3 Å². The summed E-state index contributed by atoms with van der Waals surface area (Å²) in [6, 6.07) is 0. The lowest BCUT2D eigenvalue weighted by Gasteiger charge is -2.64. The molecule has 4 fully saturated rings. The highest BCUT2D eigenvalue weighted by Crippen LogP contribution is 2.65. The molecular formula is C19H24F2N2O5. The fourth-order valence-corrected chi connectivity index (χ4v) is 5.91. The van der Waals surface area contributed by atoms with Crippen LogP contribution in [-0.2, 0) is 19.0 Å². The van der Waals surface area contributed by atoms with Gasteiger partial charge in [0.05, 0.1) is 12.2 Å². The first-order valence-corrected chi connectivity index (χ1v) is 9.40. The van der Waals surface area contributed by atoms with Crippen LogP contribution in [0, 0.1) is 11.3 Å². The summed E-state index contributed by atoms with van der Waals surface area (Å²) in [7, 11) is 1.62. The Balaban J connectivity index is 1.57. The molecule has 0 N–H and O–H groups in total. The lowest BCUT2D eigenvalue weighted by molar-refractivity contribution is -0.249. The van der Waals surface area contributed by atoms with Gasteiger partial charge >= 0.3 is 18.0 Å². The number of alkyl halides is 2. The van der Waals surface area contributed by atoms with E-state index in [0.29, 0.717) is 32.6 Å². The van der Waals surface area contributed by atoms with E-state index < -0.39 is 34.6 Å². The zero-order valence-corrected chi connectivity index (χ0v) is 16.0. The van der Waals surface area contributed by atoms with Crippen LogP contribution in [0.15, 0.2) is 18.7 Å². The number of ether oxygens (including phenoxy) is 3. The summed E-state index contributed by atoms with van der Waals surface area (Å²) in [6.07, 6.45) is 7.71. The zero-order chi connectivity index (χ0) is 20.2. The van der Waals surface area contributed by atoms with Gasteiger partial charge in [0, 0.05) is 38.3 Å². The van der Waals surface area contributed by atoms with Crippen molar-refractivity contribution in [1.29, 1.82) is 0 Å². The maximum atomic E-state index is 13.2. The number of hydrogen-bond acceptors (Lipinski definition) is 6. The predicted octanol–water partition coefficient (Wildman–Crippen LogP) is 3.17. The van der Waals surface area contributed by atoms with Crippen molar-refractivity contribution in [1.82, 2.24) is 9.55 Å². The van der Waals surface area contributed by atoms with E-state index >= 15 is 0 Å². The highest BCUT2D eigenvalue weighted by molar-refractivity contribution is 5.77. The Morgan fingerprint density at radius 3 is 2.57 bits per heavy atom. The lowest BCUT2D eigenvalue weighted by atomic mass is 9.46. The third-order valence-electron chi connectivity index (χ3n) is 6.40. The number of aromatic nitrogens is 2. The van der Waals surface area contributed by atoms with Crippen molar-refractivity contribution in [2.45, 2.75) is 62.6 Å². The molecule has 154 valence electrons. The summed E-state index contributed by atoms with van der Waals surface area (Å²) in [5.41, 5.74) is -1.81. The topological polar surface area (TPSA) is 79.7 Å². The van der Waals surface area contributed by atoms with Gasteiger partial charge < -0.3 is 14.2 Å². The average Bonchev–Trinajstić information content (AvgIpc) is 3.12. The Bertz CT molecular complexity index is 780. The predicted molar refractivity (Wildman–Crippen MR) is 91.8 cm³/mol. The SMILES string of the molecule is COC12CC3CC(COC(=O)C(C)(F)F)(C1)CC(OC(=O)n1ccnc1)(C3)C2. The fraction of sp³-hybridized carbons (Fsp3) is 0.737. The van der Waals surface area contributed by atoms with Gasteiger partial charge in [-0.1, -0.05) is 0 Å². The van der Waals surface area contributed by atoms with E-state index in [1.54, 1.807) is 7.11 Å². The Morgan fingerprint density at radius 2 is 1.93 bits per heavy atom. The number of esters is 1. The number of carbonyl (C=O) groups is 2. The van der Waals surface area contributed by atoms with Crippen LogP contribution in [0.2, 0.25) is 0 Å². The second-order valence-electron chi connectivity index (χ2n) is 8.88. The van der Waals surface area contributed by atoms with Crippen molar-refractivity contribution in [3.05, 3.63) is 18.7 Å². The van der Waals surface area contributed by atoms with Crippen LogP contribution in [0.5, 0.6) is 0 Å². The van der Waals surface area contributed by atoms with Crippen LogP contribution in [0.1, 0.15) is 45.4 Å². The molecule has 4 atom stereocenters. The second-order valence-corrected chi connectivity index (χ2v) is 8.88. The second kappa shape index (κ2) is 6.23. The molecule has 0 aromatic carbocycles. The molecule has 5 rings (SSSR count). The van der Waals surface area contributed by atoms with Gasteiger partial charge in [0.15, 0.2) is 0 Å². The van der Waals surface area contributed by atoms with Crippen LogP contribution in [0.4, 0.5) is 13.6 Å². The first kappa shape index (κ1) is 19.3. The van der Waals surface area contributed by atoms with E-state index in [-0.39, 0.29) is 12.5 Å². The molecule has 0 spiro atoms. The van der Waals surface area contributed by atoms with Crippen LogP contribution in [0.25, 0.3) is 0 Å². The summed E-state index contributed by atoms with van der Waals surface area (Å²) in [5, 5.41) is 0. The van der Waals surface area contributed by atoms with Gasteiger partial charge in [-0.3, -0.25) is 0 Å². The first-order valence-electron chi connectivity index (χ1n) is 9.40. The lowest BCUT2D eigenvalue weighted by Crippen LogP contribution is -2.66. The Morgan fingerprint density at radius 1 is 1.21 bits per heavy atom. The molecule has 0 radical (unpaired) electrons. The Hall–Kier alpha value is -2.03. The molecule has 0 amide bonds. The number of carbonyl (C=O) groups excluding carboxylic acids is 2. The largest absolute Gasteiger partial charge is 0.461 e. The van der Waals surface area contributed by atoms with E-state index in [4.69, 9.17) is 14.2 Å². The quantitative estimate of drug-likeness (QED) is 0.709. The molecule has 7 nitrogen and oxygen atoms in total. The van der Waals surface area contributed by atoms with Crippen molar-refractivity contribution in [2.24, 2.45) is 11.3 Å². The smallest absolute Gasteiger partial charge is 0.419 e. The molecule has 1 aromatic heterocycles. The van der Waals surface area contributed by atoms with Gasteiger partial charge in [-0.05, 0) is 38.0 Å². The molecule has 9 heteroatoms. The van der Waals surface area contributed by atoms with Gasteiger partial charge in [0.1, 0.15) is 11.9 Å². The van der Waals surface area contributed by atoms with Gasteiger partial charge in [-0.25, -0.2) is 19.1 Å². The van der Waals surface area contributed by atoms with Crippen molar-refractivity contribution >= 4 is 12.1 Å². The minimum absolute atomic E-state index is 0.124. The van der Waals surface area contributed by atoms with Crippen molar-refractivity contribution in [3.8, 4) is 0 Å². The van der Waals surface area contributed by atoms with Crippen LogP contribution in [-0.4, -0.2) is 52.5 Å². The minimum Gasteiger partial charge on any atom is -0.461 e. The van der Waals surface area contributed by atoms with Crippen molar-refractivity contribution in [2.75, 3.05) is 13.7 Å². The van der Waals surface area contributed by atoms with Gasteiger partial charge in [-0.15, -0.1) is 0 Å². The van der Waals surface area contributed by atoms with Gasteiger partial charge in [0.2, 0.25) is 0 Å². The normalized spacial score (nSPS) is 36.4. The molecule has 0 saturated heterocycles. The number of methoxy groups -OCH3 is 1. The highest BCUT2D eigenvalue weighted by atomic mass is 19.3. The summed E-state index contributed by atoms with van der Waals surface area (Å²) >= 11 is 0. The number of imidazole rings is 1. The maximum Gasteiger partial charge on any atom is 0.419 e. The van der Waals surface area contributed by atoms with Crippen LogP contribution >= 0.6 is 0 Å². The third-order valence-corrected chi connectivity index (χ3v) is 6.40. The van der Waals surface area contributed by atoms with E-state index in [2.05, 4.69) is 4.98 Å². The average molecular weight is 398 g/mol. The van der Waals surface area contributed by atoms with Crippen LogP contribution in [0.3, 0.4) is 0 Å². The summed E-state index contributed by atoms with van der Waals surface area (Å²) in [4.78, 5) is 28.0. The Labute approximate surface area is 161 Å². The molecule has 1 heterocycles. The molecule has 28 heavy (non-hydrogen) atoms. The first-order chi connectivity index (χ1) is 13.1. The molecule has 0 aliphatic heterocycles. The molecule has 4 bridgehead atoms. The van der Waals surface area contributed by atoms with E-state index in [0.717, 1.165) is 12.8 Å². The van der Waals surface area contributed by atoms with Gasteiger partial charge in [-0.2, -0.15) is 8.78 Å². The monoisotopic (exact) mass is 398 g/mol. The number of nitrogens with zero attached hydrogens (tertiary/aromatic N) is 2. The summed E-state index contributed by atoms with van der Waals surface area (Å²) in [6.45, 7) is 0.404. The number of hydrogen-bond donors (Lipinski definition) is 0. The highest BCUT2D eigenvalue weighted by Gasteiger charge is 2.66. The zero-order valence-electron chi connectivity index (χ0n) is 16.0. The third kappa shape index (κ3) is 3.29. The summed E-state index contributed by atoms with van der Waals surface area (Å²) in [5.74, 6) is -4.85. The molecular weight excluding hydrogens is 374 g/mol.